The fraction of sp³-hybridized carbons (Fsp3) is 0.538. The lowest BCUT2D eigenvalue weighted by atomic mass is 10.1. The molecule has 1 aliphatic rings. The highest BCUT2D eigenvalue weighted by Gasteiger charge is 2.17. The molecule has 1 aromatic rings. The van der Waals surface area contributed by atoms with Gasteiger partial charge in [-0.2, -0.15) is 0 Å². The molecule has 0 radical (unpaired) electrons. The third-order valence-electron chi connectivity index (χ3n) is 2.89. The molecule has 17 heavy (non-hydrogen) atoms. The quantitative estimate of drug-likeness (QED) is 0.881. The van der Waals surface area contributed by atoms with E-state index in [2.05, 4.69) is 0 Å². The van der Waals surface area contributed by atoms with Crippen molar-refractivity contribution in [2.75, 3.05) is 13.2 Å². The van der Waals surface area contributed by atoms with E-state index in [0.717, 1.165) is 25.0 Å². The summed E-state index contributed by atoms with van der Waals surface area (Å²) in [6, 6.07) is 4.70. The Morgan fingerprint density at radius 1 is 1.53 bits per heavy atom. The topological polar surface area (TPSA) is 44.5 Å². The predicted octanol–water partition coefficient (Wildman–Crippen LogP) is 2.40. The van der Waals surface area contributed by atoms with E-state index in [1.54, 1.807) is 12.1 Å². The predicted molar refractivity (Wildman–Crippen MR) is 63.5 cm³/mol. The van der Waals surface area contributed by atoms with Crippen LogP contribution in [0.3, 0.4) is 0 Å². The molecule has 0 bridgehead atoms. The van der Waals surface area contributed by atoms with Crippen molar-refractivity contribution in [1.82, 2.24) is 0 Å². The molecule has 1 fully saturated rings. The van der Waals surface area contributed by atoms with Gasteiger partial charge in [-0.1, -0.05) is 6.07 Å². The van der Waals surface area contributed by atoms with Crippen LogP contribution in [-0.2, 0) is 4.74 Å². The van der Waals surface area contributed by atoms with Crippen LogP contribution in [0.15, 0.2) is 18.2 Å². The SMILES string of the molecule is CC(N)c1ccc(OC2CCCOC2)c(F)c1. The van der Waals surface area contributed by atoms with E-state index in [9.17, 15) is 4.39 Å². The summed E-state index contributed by atoms with van der Waals surface area (Å²) in [6.45, 7) is 3.13. The molecule has 2 unspecified atom stereocenters. The van der Waals surface area contributed by atoms with E-state index in [-0.39, 0.29) is 23.7 Å². The average molecular weight is 239 g/mol. The van der Waals surface area contributed by atoms with Crippen molar-refractivity contribution < 1.29 is 13.9 Å². The normalized spacial score (nSPS) is 22.2. The van der Waals surface area contributed by atoms with Gasteiger partial charge in [0.1, 0.15) is 6.10 Å². The first kappa shape index (κ1) is 12.3. The van der Waals surface area contributed by atoms with Crippen molar-refractivity contribution in [2.45, 2.75) is 31.9 Å². The van der Waals surface area contributed by atoms with Crippen LogP contribution in [0.4, 0.5) is 4.39 Å². The van der Waals surface area contributed by atoms with Gasteiger partial charge in [0.15, 0.2) is 11.6 Å². The van der Waals surface area contributed by atoms with Gasteiger partial charge in [-0.15, -0.1) is 0 Å². The van der Waals surface area contributed by atoms with Crippen molar-refractivity contribution in [2.24, 2.45) is 5.73 Å². The van der Waals surface area contributed by atoms with Crippen LogP contribution in [0.25, 0.3) is 0 Å². The van der Waals surface area contributed by atoms with E-state index < -0.39 is 0 Å². The van der Waals surface area contributed by atoms with Gasteiger partial charge >= 0.3 is 0 Å². The van der Waals surface area contributed by atoms with Gasteiger partial charge < -0.3 is 15.2 Å². The molecule has 1 aromatic carbocycles. The summed E-state index contributed by atoms with van der Waals surface area (Å²) in [5.41, 5.74) is 6.46. The molecular formula is C13H18FNO2. The van der Waals surface area contributed by atoms with Crippen molar-refractivity contribution >= 4 is 0 Å². The summed E-state index contributed by atoms with van der Waals surface area (Å²) in [4.78, 5) is 0. The van der Waals surface area contributed by atoms with Gasteiger partial charge in [-0.05, 0) is 37.5 Å². The number of halogens is 1. The van der Waals surface area contributed by atoms with Crippen LogP contribution in [0, 0.1) is 5.82 Å². The minimum absolute atomic E-state index is 0.0422. The van der Waals surface area contributed by atoms with Gasteiger partial charge in [0.05, 0.1) is 6.61 Å². The Morgan fingerprint density at radius 3 is 2.94 bits per heavy atom. The Kier molecular flexibility index (Phi) is 3.97. The van der Waals surface area contributed by atoms with Crippen LogP contribution < -0.4 is 10.5 Å². The Morgan fingerprint density at radius 2 is 2.35 bits per heavy atom. The second-order valence-corrected chi connectivity index (χ2v) is 4.44. The summed E-state index contributed by atoms with van der Waals surface area (Å²) in [5, 5.41) is 0. The molecule has 94 valence electrons. The fourth-order valence-electron chi connectivity index (χ4n) is 1.88. The molecule has 0 aromatic heterocycles. The third kappa shape index (κ3) is 3.17. The number of benzene rings is 1. The minimum atomic E-state index is -0.356. The maximum Gasteiger partial charge on any atom is 0.165 e. The number of ether oxygens (including phenoxy) is 2. The largest absolute Gasteiger partial charge is 0.485 e. The number of rotatable bonds is 3. The highest BCUT2D eigenvalue weighted by atomic mass is 19.1. The minimum Gasteiger partial charge on any atom is -0.485 e. The lowest BCUT2D eigenvalue weighted by Gasteiger charge is -2.23. The maximum absolute atomic E-state index is 13.7. The first-order chi connectivity index (χ1) is 8.16. The molecule has 0 saturated carbocycles. The smallest absolute Gasteiger partial charge is 0.165 e. The Labute approximate surface area is 101 Å². The van der Waals surface area contributed by atoms with Crippen LogP contribution in [0.5, 0.6) is 5.75 Å². The summed E-state index contributed by atoms with van der Waals surface area (Å²) < 4.78 is 24.6. The lowest BCUT2D eigenvalue weighted by molar-refractivity contribution is 0.00586. The maximum atomic E-state index is 13.7. The zero-order valence-corrected chi connectivity index (χ0v) is 9.99. The summed E-state index contributed by atoms with van der Waals surface area (Å²) >= 11 is 0. The van der Waals surface area contributed by atoms with Crippen molar-refractivity contribution in [1.29, 1.82) is 0 Å². The van der Waals surface area contributed by atoms with Crippen molar-refractivity contribution in [3.05, 3.63) is 29.6 Å². The molecule has 3 nitrogen and oxygen atoms in total. The van der Waals surface area contributed by atoms with Gasteiger partial charge in [0, 0.05) is 12.6 Å². The second-order valence-electron chi connectivity index (χ2n) is 4.44. The van der Waals surface area contributed by atoms with Crippen LogP contribution in [-0.4, -0.2) is 19.3 Å². The molecule has 4 heteroatoms. The highest BCUT2D eigenvalue weighted by molar-refractivity contribution is 5.30. The molecule has 1 aliphatic heterocycles. The first-order valence-corrected chi connectivity index (χ1v) is 5.96. The third-order valence-corrected chi connectivity index (χ3v) is 2.89. The Hall–Kier alpha value is -1.13. The molecular weight excluding hydrogens is 221 g/mol. The number of hydrogen-bond acceptors (Lipinski definition) is 3. The molecule has 0 spiro atoms. The fourth-order valence-corrected chi connectivity index (χ4v) is 1.88. The number of hydrogen-bond donors (Lipinski definition) is 1. The van der Waals surface area contributed by atoms with Crippen molar-refractivity contribution in [3.8, 4) is 5.75 Å². The zero-order valence-electron chi connectivity index (χ0n) is 9.99. The van der Waals surface area contributed by atoms with Gasteiger partial charge in [-0.25, -0.2) is 4.39 Å². The van der Waals surface area contributed by atoms with E-state index in [4.69, 9.17) is 15.2 Å². The van der Waals surface area contributed by atoms with Gasteiger partial charge in [0.25, 0.3) is 0 Å². The average Bonchev–Trinajstić information content (AvgIpc) is 2.33. The van der Waals surface area contributed by atoms with E-state index >= 15 is 0 Å². The lowest BCUT2D eigenvalue weighted by Crippen LogP contribution is -2.28. The molecule has 1 saturated heterocycles. The first-order valence-electron chi connectivity index (χ1n) is 5.96. The molecule has 2 rings (SSSR count). The Bertz CT molecular complexity index is 376. The monoisotopic (exact) mass is 239 g/mol. The Balaban J connectivity index is 2.05. The summed E-state index contributed by atoms with van der Waals surface area (Å²) in [5.74, 6) is -0.0738. The van der Waals surface area contributed by atoms with Crippen LogP contribution >= 0.6 is 0 Å². The standard InChI is InChI=1S/C13H18FNO2/c1-9(15)10-4-5-13(12(14)7-10)17-11-3-2-6-16-8-11/h4-5,7,9,11H,2-3,6,8,15H2,1H3. The number of nitrogens with two attached hydrogens (primary N) is 1. The van der Waals surface area contributed by atoms with Crippen LogP contribution in [0.2, 0.25) is 0 Å². The second kappa shape index (κ2) is 5.47. The van der Waals surface area contributed by atoms with Gasteiger partial charge in [-0.3, -0.25) is 0 Å². The van der Waals surface area contributed by atoms with Gasteiger partial charge in [0.2, 0.25) is 0 Å². The zero-order chi connectivity index (χ0) is 12.3. The summed E-state index contributed by atoms with van der Waals surface area (Å²) in [7, 11) is 0. The van der Waals surface area contributed by atoms with Crippen LogP contribution in [0.1, 0.15) is 31.4 Å². The van der Waals surface area contributed by atoms with E-state index in [1.165, 1.54) is 6.07 Å². The van der Waals surface area contributed by atoms with Crippen molar-refractivity contribution in [3.63, 3.8) is 0 Å². The molecule has 0 aliphatic carbocycles. The molecule has 2 N–H and O–H groups in total. The van der Waals surface area contributed by atoms with E-state index in [1.807, 2.05) is 6.92 Å². The van der Waals surface area contributed by atoms with E-state index in [0.29, 0.717) is 6.61 Å². The molecule has 2 atom stereocenters. The summed E-state index contributed by atoms with van der Waals surface area (Å²) in [6.07, 6.45) is 1.83. The molecule has 0 amide bonds. The highest BCUT2D eigenvalue weighted by Crippen LogP contribution is 2.23. The molecule has 1 heterocycles.